The number of benzene rings is 1. The van der Waals surface area contributed by atoms with E-state index in [1.807, 2.05) is 38.1 Å². The maximum Gasteiger partial charge on any atom is 0.228 e. The van der Waals surface area contributed by atoms with Crippen molar-refractivity contribution in [3.63, 3.8) is 0 Å². The number of nitrogens with zero attached hydrogens (tertiary/aromatic N) is 1. The van der Waals surface area contributed by atoms with E-state index in [4.69, 9.17) is 5.73 Å². The van der Waals surface area contributed by atoms with Crippen LogP contribution in [0.4, 0.5) is 11.4 Å². The van der Waals surface area contributed by atoms with E-state index >= 15 is 0 Å². The molecule has 3 rings (SSSR count). The minimum atomic E-state index is 0.0195. The summed E-state index contributed by atoms with van der Waals surface area (Å²) in [5, 5.41) is 3.76. The molecule has 0 spiro atoms. The van der Waals surface area contributed by atoms with Gasteiger partial charge in [0.1, 0.15) is 5.03 Å². The van der Waals surface area contributed by atoms with Gasteiger partial charge in [0.15, 0.2) is 0 Å². The minimum absolute atomic E-state index is 0.0195. The molecular formula is C15H15N3OS. The largest absolute Gasteiger partial charge is 0.398 e. The molecule has 1 amide bonds. The minimum Gasteiger partial charge on any atom is -0.398 e. The average molecular weight is 285 g/mol. The first-order chi connectivity index (χ1) is 9.51. The van der Waals surface area contributed by atoms with Gasteiger partial charge in [-0.3, -0.25) is 4.79 Å². The highest BCUT2D eigenvalue weighted by Crippen LogP contribution is 2.37. The first kappa shape index (κ1) is 13.0. The van der Waals surface area contributed by atoms with Gasteiger partial charge in [-0.25, -0.2) is 4.98 Å². The molecule has 1 aromatic heterocycles. The molecule has 20 heavy (non-hydrogen) atoms. The summed E-state index contributed by atoms with van der Waals surface area (Å²) >= 11 is 1.52. The van der Waals surface area contributed by atoms with E-state index in [0.29, 0.717) is 12.1 Å². The molecule has 1 aliphatic heterocycles. The van der Waals surface area contributed by atoms with Crippen LogP contribution < -0.4 is 11.1 Å². The van der Waals surface area contributed by atoms with E-state index in [1.165, 1.54) is 17.3 Å². The fraction of sp³-hybridized carbons (Fsp3) is 0.200. The number of rotatable bonds is 2. The van der Waals surface area contributed by atoms with Gasteiger partial charge in [0.05, 0.1) is 6.42 Å². The molecule has 3 N–H and O–H groups in total. The van der Waals surface area contributed by atoms with Crippen molar-refractivity contribution in [3.05, 3.63) is 41.1 Å². The zero-order valence-electron chi connectivity index (χ0n) is 11.4. The van der Waals surface area contributed by atoms with Gasteiger partial charge in [0.2, 0.25) is 5.91 Å². The van der Waals surface area contributed by atoms with Gasteiger partial charge in [-0.2, -0.15) is 0 Å². The van der Waals surface area contributed by atoms with Crippen molar-refractivity contribution in [2.24, 2.45) is 0 Å². The van der Waals surface area contributed by atoms with Crippen molar-refractivity contribution in [1.29, 1.82) is 0 Å². The lowest BCUT2D eigenvalue weighted by Crippen LogP contribution is -2.03. The van der Waals surface area contributed by atoms with Crippen LogP contribution in [0.15, 0.2) is 34.2 Å². The third kappa shape index (κ3) is 2.49. The molecule has 0 radical (unpaired) electrons. The number of amides is 1. The Morgan fingerprint density at radius 3 is 2.80 bits per heavy atom. The first-order valence-corrected chi connectivity index (χ1v) is 7.18. The number of nitrogens with two attached hydrogens (primary N) is 1. The van der Waals surface area contributed by atoms with Crippen LogP contribution in [0.5, 0.6) is 0 Å². The number of carbonyl (C=O) groups excluding carboxylic acids is 1. The molecule has 102 valence electrons. The molecule has 1 aliphatic rings. The molecule has 0 bridgehead atoms. The van der Waals surface area contributed by atoms with Crippen LogP contribution in [0.3, 0.4) is 0 Å². The lowest BCUT2D eigenvalue weighted by atomic mass is 10.1. The Morgan fingerprint density at radius 2 is 2.05 bits per heavy atom. The fourth-order valence-corrected chi connectivity index (χ4v) is 3.34. The summed E-state index contributed by atoms with van der Waals surface area (Å²) < 4.78 is 0. The van der Waals surface area contributed by atoms with Crippen molar-refractivity contribution in [1.82, 2.24) is 4.98 Å². The third-order valence-electron chi connectivity index (χ3n) is 3.15. The lowest BCUT2D eigenvalue weighted by molar-refractivity contribution is -0.115. The molecule has 0 atom stereocenters. The van der Waals surface area contributed by atoms with Gasteiger partial charge in [0.25, 0.3) is 0 Å². The van der Waals surface area contributed by atoms with Gasteiger partial charge < -0.3 is 11.1 Å². The van der Waals surface area contributed by atoms with E-state index < -0.39 is 0 Å². The molecule has 0 fully saturated rings. The standard InChI is InChI=1S/C15H15N3OS/c1-8-3-9(2)17-15(4-8)20-13-7-12-10(5-11(13)16)6-14(19)18-12/h3-5,7H,6,16H2,1-2H3,(H,18,19). The van der Waals surface area contributed by atoms with Crippen LogP contribution >= 0.6 is 11.8 Å². The predicted molar refractivity (Wildman–Crippen MR) is 81.0 cm³/mol. The smallest absolute Gasteiger partial charge is 0.228 e. The number of aromatic nitrogens is 1. The topological polar surface area (TPSA) is 68.0 Å². The number of hydrogen-bond acceptors (Lipinski definition) is 4. The van der Waals surface area contributed by atoms with Crippen LogP contribution in [0, 0.1) is 13.8 Å². The number of fused-ring (bicyclic) bond motifs is 1. The summed E-state index contributed by atoms with van der Waals surface area (Å²) in [6.07, 6.45) is 0.409. The van der Waals surface area contributed by atoms with Gasteiger partial charge in [-0.1, -0.05) is 11.8 Å². The molecular weight excluding hydrogens is 270 g/mol. The summed E-state index contributed by atoms with van der Waals surface area (Å²) in [6.45, 7) is 4.02. The average Bonchev–Trinajstić information content (AvgIpc) is 2.67. The SMILES string of the molecule is Cc1cc(C)nc(Sc2cc3c(cc2N)CC(=O)N3)c1. The normalized spacial score (nSPS) is 13.2. The van der Waals surface area contributed by atoms with E-state index in [1.54, 1.807) is 0 Å². The Bertz CT molecular complexity index is 692. The highest BCUT2D eigenvalue weighted by atomic mass is 32.2. The summed E-state index contributed by atoms with van der Waals surface area (Å²) in [5.41, 5.74) is 10.7. The molecule has 5 heteroatoms. The predicted octanol–water partition coefficient (Wildman–Crippen LogP) is 2.93. The number of anilines is 2. The second-order valence-corrected chi connectivity index (χ2v) is 6.06. The Labute approximate surface area is 121 Å². The molecule has 2 heterocycles. The van der Waals surface area contributed by atoms with Gasteiger partial charge in [-0.15, -0.1) is 0 Å². The zero-order chi connectivity index (χ0) is 14.3. The van der Waals surface area contributed by atoms with Gasteiger partial charge >= 0.3 is 0 Å². The first-order valence-electron chi connectivity index (χ1n) is 6.36. The zero-order valence-corrected chi connectivity index (χ0v) is 12.2. The second kappa shape index (κ2) is 4.83. The molecule has 0 unspecified atom stereocenters. The quantitative estimate of drug-likeness (QED) is 0.832. The van der Waals surface area contributed by atoms with Crippen LogP contribution in [0.2, 0.25) is 0 Å². The van der Waals surface area contributed by atoms with Crippen LogP contribution in [0.25, 0.3) is 0 Å². The Kier molecular flexibility index (Phi) is 3.14. The summed E-state index contributed by atoms with van der Waals surface area (Å²) in [5.74, 6) is 0.0195. The number of nitrogen functional groups attached to an aromatic ring is 1. The number of pyridine rings is 1. The monoisotopic (exact) mass is 285 g/mol. The van der Waals surface area contributed by atoms with E-state index in [2.05, 4.69) is 10.3 Å². The Balaban J connectivity index is 1.95. The second-order valence-electron chi connectivity index (χ2n) is 5.00. The summed E-state index contributed by atoms with van der Waals surface area (Å²) in [6, 6.07) is 7.87. The maximum atomic E-state index is 11.4. The van der Waals surface area contributed by atoms with E-state index in [9.17, 15) is 4.79 Å². The van der Waals surface area contributed by atoms with Crippen molar-refractivity contribution in [2.45, 2.75) is 30.2 Å². The van der Waals surface area contributed by atoms with Gasteiger partial charge in [-0.05, 0) is 49.2 Å². The third-order valence-corrected chi connectivity index (χ3v) is 4.14. The van der Waals surface area contributed by atoms with Crippen molar-refractivity contribution < 1.29 is 4.79 Å². The molecule has 0 saturated heterocycles. The number of nitrogens with one attached hydrogen (secondary N) is 1. The number of aryl methyl sites for hydroxylation is 2. The van der Waals surface area contributed by atoms with E-state index in [-0.39, 0.29) is 5.91 Å². The molecule has 1 aromatic carbocycles. The highest BCUT2D eigenvalue weighted by Gasteiger charge is 2.19. The molecule has 0 saturated carbocycles. The van der Waals surface area contributed by atoms with E-state index in [0.717, 1.165) is 26.9 Å². The Hall–Kier alpha value is -2.01. The van der Waals surface area contributed by atoms with Crippen LogP contribution in [0.1, 0.15) is 16.8 Å². The molecule has 0 aliphatic carbocycles. The summed E-state index contributed by atoms with van der Waals surface area (Å²) in [4.78, 5) is 16.8. The maximum absolute atomic E-state index is 11.4. The Morgan fingerprint density at radius 1 is 1.25 bits per heavy atom. The summed E-state index contributed by atoms with van der Waals surface area (Å²) in [7, 11) is 0. The van der Waals surface area contributed by atoms with Gasteiger partial charge in [0, 0.05) is 22.0 Å². The molecule has 4 nitrogen and oxygen atoms in total. The fourth-order valence-electron chi connectivity index (χ4n) is 2.33. The van der Waals surface area contributed by atoms with Crippen LogP contribution in [-0.2, 0) is 11.2 Å². The highest BCUT2D eigenvalue weighted by molar-refractivity contribution is 7.99. The lowest BCUT2D eigenvalue weighted by Gasteiger charge is -2.09. The van der Waals surface area contributed by atoms with Crippen molar-refractivity contribution in [2.75, 3.05) is 11.1 Å². The number of hydrogen-bond donors (Lipinski definition) is 2. The van der Waals surface area contributed by atoms with Crippen molar-refractivity contribution in [3.8, 4) is 0 Å². The number of carbonyl (C=O) groups is 1. The molecule has 2 aromatic rings. The van der Waals surface area contributed by atoms with Crippen molar-refractivity contribution >= 4 is 29.0 Å². The van der Waals surface area contributed by atoms with Crippen LogP contribution in [-0.4, -0.2) is 10.9 Å².